The number of halogens is 2. The first-order valence-corrected chi connectivity index (χ1v) is 7.02. The van der Waals surface area contributed by atoms with Gasteiger partial charge in [0, 0.05) is 6.26 Å². The molecule has 1 fully saturated rings. The summed E-state index contributed by atoms with van der Waals surface area (Å²) in [7, 11) is -3.42. The third kappa shape index (κ3) is 2.30. The Balaban J connectivity index is 3.06. The van der Waals surface area contributed by atoms with Crippen molar-refractivity contribution in [3.63, 3.8) is 0 Å². The summed E-state index contributed by atoms with van der Waals surface area (Å²) in [6, 6.07) is 0. The maximum absolute atomic E-state index is 13.0. The predicted octanol–water partition coefficient (Wildman–Crippen LogP) is 1.20. The molecule has 1 aliphatic rings. The first-order valence-electron chi connectivity index (χ1n) is 5.06. The molecule has 90 valence electrons. The molecule has 2 atom stereocenters. The molecule has 0 saturated heterocycles. The highest BCUT2D eigenvalue weighted by Crippen LogP contribution is 2.39. The van der Waals surface area contributed by atoms with Gasteiger partial charge in [0.1, 0.15) is 0 Å². The lowest BCUT2D eigenvalue weighted by molar-refractivity contribution is 0.0362. The second kappa shape index (κ2) is 4.33. The van der Waals surface area contributed by atoms with Gasteiger partial charge in [-0.1, -0.05) is 6.92 Å². The molecule has 2 unspecified atom stereocenters. The van der Waals surface area contributed by atoms with Gasteiger partial charge in [-0.15, -0.1) is 0 Å². The van der Waals surface area contributed by atoms with Crippen molar-refractivity contribution in [3.8, 4) is 0 Å². The minimum atomic E-state index is -3.42. The third-order valence-electron chi connectivity index (χ3n) is 3.04. The van der Waals surface area contributed by atoms with E-state index in [2.05, 4.69) is 5.32 Å². The van der Waals surface area contributed by atoms with Crippen molar-refractivity contribution in [1.29, 1.82) is 0 Å². The first-order chi connectivity index (χ1) is 6.84. The van der Waals surface area contributed by atoms with Crippen LogP contribution in [0, 0.1) is 0 Å². The average Bonchev–Trinajstić information content (AvgIpc) is 2.49. The lowest BCUT2D eigenvalue weighted by Crippen LogP contribution is -2.58. The largest absolute Gasteiger partial charge is 0.306 e. The van der Waals surface area contributed by atoms with Gasteiger partial charge in [-0.3, -0.25) is 0 Å². The van der Waals surface area contributed by atoms with E-state index in [0.29, 0.717) is 19.4 Å². The van der Waals surface area contributed by atoms with Gasteiger partial charge in [0.05, 0.1) is 10.8 Å². The Morgan fingerprint density at radius 3 is 2.53 bits per heavy atom. The van der Waals surface area contributed by atoms with E-state index in [1.54, 1.807) is 6.92 Å². The molecule has 0 radical (unpaired) electrons. The molecule has 0 amide bonds. The highest BCUT2D eigenvalue weighted by atomic mass is 32.2. The summed E-state index contributed by atoms with van der Waals surface area (Å²) in [6.07, 6.45) is -0.501. The van der Waals surface area contributed by atoms with Crippen molar-refractivity contribution in [3.05, 3.63) is 0 Å². The molecule has 15 heavy (non-hydrogen) atoms. The minimum absolute atomic E-state index is 0.232. The Kier molecular flexibility index (Phi) is 3.71. The van der Waals surface area contributed by atoms with E-state index < -0.39 is 27.1 Å². The zero-order chi connectivity index (χ0) is 11.7. The summed E-state index contributed by atoms with van der Waals surface area (Å²) in [4.78, 5) is 0. The van der Waals surface area contributed by atoms with Crippen molar-refractivity contribution in [2.45, 2.75) is 43.4 Å². The number of hydrogen-bond acceptors (Lipinski definition) is 3. The molecule has 0 aromatic heterocycles. The van der Waals surface area contributed by atoms with Crippen molar-refractivity contribution >= 4 is 9.84 Å². The topological polar surface area (TPSA) is 46.2 Å². The Bertz CT molecular complexity index is 318. The molecule has 0 aliphatic heterocycles. The van der Waals surface area contributed by atoms with Crippen molar-refractivity contribution in [2.75, 3.05) is 12.8 Å². The molecule has 0 bridgehead atoms. The average molecular weight is 241 g/mol. The molecular formula is C9H17F2NO2S. The molecule has 3 nitrogen and oxygen atoms in total. The number of rotatable bonds is 4. The van der Waals surface area contributed by atoms with Crippen LogP contribution in [0.5, 0.6) is 0 Å². The Hall–Kier alpha value is -0.230. The quantitative estimate of drug-likeness (QED) is 0.804. The first kappa shape index (κ1) is 12.8. The summed E-state index contributed by atoms with van der Waals surface area (Å²) in [5.74, 6) is 0. The molecule has 0 aromatic rings. The van der Waals surface area contributed by atoms with Crippen LogP contribution in [0.25, 0.3) is 0 Å². The van der Waals surface area contributed by atoms with Crippen LogP contribution in [0.3, 0.4) is 0 Å². The Labute approximate surface area is 89.2 Å². The number of nitrogens with one attached hydrogen (secondary N) is 1. The highest BCUT2D eigenvalue weighted by Gasteiger charge is 2.53. The van der Waals surface area contributed by atoms with Gasteiger partial charge in [0.2, 0.25) is 0 Å². The summed E-state index contributed by atoms with van der Waals surface area (Å²) >= 11 is 0. The fourth-order valence-electron chi connectivity index (χ4n) is 2.45. The van der Waals surface area contributed by atoms with Crippen LogP contribution in [0.1, 0.15) is 26.2 Å². The molecule has 1 N–H and O–H groups in total. The molecule has 0 aromatic carbocycles. The molecule has 1 saturated carbocycles. The number of alkyl halides is 2. The SMILES string of the molecule is CCNC1(C(F)F)CCCC1S(C)(=O)=O. The van der Waals surface area contributed by atoms with Gasteiger partial charge in [0.15, 0.2) is 9.84 Å². The molecule has 1 rings (SSSR count). The number of hydrogen-bond donors (Lipinski definition) is 1. The predicted molar refractivity (Wildman–Crippen MR) is 54.9 cm³/mol. The van der Waals surface area contributed by atoms with Gasteiger partial charge >= 0.3 is 0 Å². The van der Waals surface area contributed by atoms with Crippen LogP contribution in [0.15, 0.2) is 0 Å². The zero-order valence-corrected chi connectivity index (χ0v) is 9.78. The maximum atomic E-state index is 13.0. The van der Waals surface area contributed by atoms with E-state index >= 15 is 0 Å². The molecular weight excluding hydrogens is 224 g/mol. The fourth-order valence-corrected chi connectivity index (χ4v) is 4.12. The normalized spacial score (nSPS) is 32.5. The van der Waals surface area contributed by atoms with E-state index in [4.69, 9.17) is 0 Å². The maximum Gasteiger partial charge on any atom is 0.257 e. The van der Waals surface area contributed by atoms with Crippen LogP contribution in [0.4, 0.5) is 8.78 Å². The summed E-state index contributed by atoms with van der Waals surface area (Å²) in [5, 5.41) is 1.73. The molecule has 0 spiro atoms. The van der Waals surface area contributed by atoms with E-state index in [0.717, 1.165) is 6.26 Å². The lowest BCUT2D eigenvalue weighted by Gasteiger charge is -2.34. The van der Waals surface area contributed by atoms with Gasteiger partial charge in [-0.2, -0.15) is 0 Å². The Morgan fingerprint density at radius 2 is 2.13 bits per heavy atom. The van der Waals surface area contributed by atoms with E-state index in [1.807, 2.05) is 0 Å². The monoisotopic (exact) mass is 241 g/mol. The smallest absolute Gasteiger partial charge is 0.257 e. The van der Waals surface area contributed by atoms with Crippen LogP contribution >= 0.6 is 0 Å². The Morgan fingerprint density at radius 1 is 1.53 bits per heavy atom. The van der Waals surface area contributed by atoms with Crippen molar-refractivity contribution in [2.24, 2.45) is 0 Å². The highest BCUT2D eigenvalue weighted by molar-refractivity contribution is 7.91. The standard InChI is InChI=1S/C9H17F2NO2S/c1-3-12-9(8(10)11)6-4-5-7(9)15(2,13)14/h7-8,12H,3-6H2,1-2H3. The van der Waals surface area contributed by atoms with Crippen molar-refractivity contribution < 1.29 is 17.2 Å². The van der Waals surface area contributed by atoms with Crippen molar-refractivity contribution in [1.82, 2.24) is 5.32 Å². The molecule has 0 heterocycles. The second-order valence-electron chi connectivity index (χ2n) is 4.08. The van der Waals surface area contributed by atoms with Gasteiger partial charge in [0.25, 0.3) is 6.43 Å². The zero-order valence-electron chi connectivity index (χ0n) is 8.96. The van der Waals surface area contributed by atoms with Crippen LogP contribution < -0.4 is 5.32 Å². The lowest BCUT2D eigenvalue weighted by atomic mass is 9.98. The van der Waals surface area contributed by atoms with Gasteiger partial charge < -0.3 is 5.32 Å². The van der Waals surface area contributed by atoms with E-state index in [9.17, 15) is 17.2 Å². The second-order valence-corrected chi connectivity index (χ2v) is 6.31. The van der Waals surface area contributed by atoms with Gasteiger partial charge in [-0.25, -0.2) is 17.2 Å². The van der Waals surface area contributed by atoms with Crippen LogP contribution in [0.2, 0.25) is 0 Å². The van der Waals surface area contributed by atoms with Gasteiger partial charge in [-0.05, 0) is 25.8 Å². The van der Waals surface area contributed by atoms with E-state index in [1.165, 1.54) is 0 Å². The minimum Gasteiger partial charge on any atom is -0.306 e. The van der Waals surface area contributed by atoms with E-state index in [-0.39, 0.29) is 6.42 Å². The molecule has 1 aliphatic carbocycles. The number of sulfone groups is 1. The van der Waals surface area contributed by atoms with Crippen LogP contribution in [-0.4, -0.2) is 38.4 Å². The summed E-state index contributed by atoms with van der Waals surface area (Å²) in [5.41, 5.74) is -1.53. The summed E-state index contributed by atoms with van der Waals surface area (Å²) < 4.78 is 49.0. The third-order valence-corrected chi connectivity index (χ3v) is 4.73. The summed E-state index contributed by atoms with van der Waals surface area (Å²) in [6.45, 7) is 2.07. The fraction of sp³-hybridized carbons (Fsp3) is 1.00. The molecule has 6 heteroatoms. The van der Waals surface area contributed by atoms with Crippen LogP contribution in [-0.2, 0) is 9.84 Å².